The third kappa shape index (κ3) is 2.98. The minimum absolute atomic E-state index is 0.204. The summed E-state index contributed by atoms with van der Waals surface area (Å²) in [7, 11) is 0. The number of furan rings is 2. The van der Waals surface area contributed by atoms with E-state index < -0.39 is 5.97 Å². The summed E-state index contributed by atoms with van der Waals surface area (Å²) in [6.07, 6.45) is 3.77. The van der Waals surface area contributed by atoms with Gasteiger partial charge in [-0.1, -0.05) is 0 Å². The Morgan fingerprint density at radius 3 is 2.88 bits per heavy atom. The Balaban J connectivity index is 1.78. The van der Waals surface area contributed by atoms with Gasteiger partial charge >= 0.3 is 5.97 Å². The van der Waals surface area contributed by atoms with Crippen molar-refractivity contribution in [1.29, 1.82) is 0 Å². The minimum atomic E-state index is -0.971. The van der Waals surface area contributed by atoms with E-state index in [2.05, 4.69) is 5.32 Å². The van der Waals surface area contributed by atoms with E-state index in [9.17, 15) is 4.79 Å². The molecule has 0 saturated carbocycles. The second-order valence-corrected chi connectivity index (χ2v) is 3.57. The zero-order valence-electron chi connectivity index (χ0n) is 9.18. The van der Waals surface area contributed by atoms with Gasteiger partial charge in [0.25, 0.3) is 0 Å². The van der Waals surface area contributed by atoms with Gasteiger partial charge in [-0.15, -0.1) is 0 Å². The van der Waals surface area contributed by atoms with Crippen LogP contribution in [0.3, 0.4) is 0 Å². The zero-order valence-corrected chi connectivity index (χ0v) is 9.18. The first kappa shape index (κ1) is 11.5. The van der Waals surface area contributed by atoms with E-state index in [1.807, 2.05) is 12.1 Å². The summed E-state index contributed by atoms with van der Waals surface area (Å²) in [6, 6.07) is 5.19. The molecule has 0 aliphatic rings. The van der Waals surface area contributed by atoms with Crippen LogP contribution >= 0.6 is 0 Å². The second-order valence-electron chi connectivity index (χ2n) is 3.57. The molecule has 0 aliphatic heterocycles. The fraction of sp³-hybridized carbons (Fsp3) is 0.250. The third-order valence-electron chi connectivity index (χ3n) is 2.39. The standard InChI is InChI=1S/C12H13NO4/c14-12(15)10-4-7-17-11(10)8-13-5-3-9-2-1-6-16-9/h1-2,4,6-7,13H,3,5,8H2,(H,14,15). The molecular weight excluding hydrogens is 222 g/mol. The first-order chi connectivity index (χ1) is 8.27. The Morgan fingerprint density at radius 1 is 1.29 bits per heavy atom. The van der Waals surface area contributed by atoms with Gasteiger partial charge in [-0.05, 0) is 18.2 Å². The van der Waals surface area contributed by atoms with Crippen LogP contribution < -0.4 is 5.32 Å². The number of carboxylic acids is 1. The van der Waals surface area contributed by atoms with Gasteiger partial charge in [0.1, 0.15) is 17.1 Å². The maximum absolute atomic E-state index is 10.8. The lowest BCUT2D eigenvalue weighted by Gasteiger charge is -2.02. The minimum Gasteiger partial charge on any atom is -0.478 e. The van der Waals surface area contributed by atoms with Gasteiger partial charge in [0.05, 0.1) is 19.1 Å². The fourth-order valence-electron chi connectivity index (χ4n) is 1.54. The number of nitrogens with one attached hydrogen (secondary N) is 1. The average molecular weight is 235 g/mol. The largest absolute Gasteiger partial charge is 0.478 e. The predicted octanol–water partition coefficient (Wildman–Crippen LogP) is 1.90. The quantitative estimate of drug-likeness (QED) is 0.748. The van der Waals surface area contributed by atoms with Crippen molar-refractivity contribution in [1.82, 2.24) is 5.32 Å². The van der Waals surface area contributed by atoms with E-state index >= 15 is 0 Å². The van der Waals surface area contributed by atoms with Gasteiger partial charge in [-0.25, -0.2) is 4.79 Å². The van der Waals surface area contributed by atoms with Crippen molar-refractivity contribution < 1.29 is 18.7 Å². The number of rotatable bonds is 6. The van der Waals surface area contributed by atoms with Crippen LogP contribution in [0.4, 0.5) is 0 Å². The summed E-state index contributed by atoms with van der Waals surface area (Å²) in [6.45, 7) is 1.10. The number of aromatic carboxylic acids is 1. The van der Waals surface area contributed by atoms with Crippen LogP contribution in [0, 0.1) is 0 Å². The summed E-state index contributed by atoms with van der Waals surface area (Å²) in [5, 5.41) is 12.0. The van der Waals surface area contributed by atoms with Gasteiger partial charge in [0.2, 0.25) is 0 Å². The molecule has 2 heterocycles. The maximum Gasteiger partial charge on any atom is 0.339 e. The third-order valence-corrected chi connectivity index (χ3v) is 2.39. The van der Waals surface area contributed by atoms with E-state index in [4.69, 9.17) is 13.9 Å². The zero-order chi connectivity index (χ0) is 12.1. The Kier molecular flexibility index (Phi) is 3.62. The predicted molar refractivity (Wildman–Crippen MR) is 59.8 cm³/mol. The second kappa shape index (κ2) is 5.36. The van der Waals surface area contributed by atoms with Gasteiger partial charge in [0.15, 0.2) is 0 Å². The van der Waals surface area contributed by atoms with E-state index in [1.54, 1.807) is 6.26 Å². The molecule has 0 atom stereocenters. The molecule has 0 bridgehead atoms. The smallest absolute Gasteiger partial charge is 0.339 e. The molecule has 0 fully saturated rings. The van der Waals surface area contributed by atoms with Crippen LogP contribution in [0.1, 0.15) is 21.9 Å². The molecule has 90 valence electrons. The van der Waals surface area contributed by atoms with Crippen molar-refractivity contribution in [3.05, 3.63) is 47.8 Å². The molecule has 17 heavy (non-hydrogen) atoms. The lowest BCUT2D eigenvalue weighted by Crippen LogP contribution is -2.17. The average Bonchev–Trinajstić information content (AvgIpc) is 2.95. The molecule has 0 spiro atoms. The van der Waals surface area contributed by atoms with Crippen LogP contribution in [-0.2, 0) is 13.0 Å². The molecule has 2 N–H and O–H groups in total. The van der Waals surface area contributed by atoms with Crippen molar-refractivity contribution in [3.63, 3.8) is 0 Å². The molecule has 2 aromatic heterocycles. The molecule has 5 nitrogen and oxygen atoms in total. The van der Waals surface area contributed by atoms with Crippen molar-refractivity contribution in [2.24, 2.45) is 0 Å². The van der Waals surface area contributed by atoms with E-state index in [0.29, 0.717) is 18.8 Å². The van der Waals surface area contributed by atoms with Gasteiger partial charge < -0.3 is 19.3 Å². The van der Waals surface area contributed by atoms with Crippen LogP contribution in [0.5, 0.6) is 0 Å². The maximum atomic E-state index is 10.8. The Morgan fingerprint density at radius 2 is 2.18 bits per heavy atom. The molecule has 2 rings (SSSR count). The van der Waals surface area contributed by atoms with Crippen molar-refractivity contribution in [3.8, 4) is 0 Å². The summed E-state index contributed by atoms with van der Waals surface area (Å²) in [5.74, 6) is 0.369. The van der Waals surface area contributed by atoms with Crippen molar-refractivity contribution in [2.75, 3.05) is 6.54 Å². The Bertz CT molecular complexity index is 472. The fourth-order valence-corrected chi connectivity index (χ4v) is 1.54. The molecule has 0 aromatic carbocycles. The lowest BCUT2D eigenvalue weighted by atomic mass is 10.2. The van der Waals surface area contributed by atoms with Gasteiger partial charge in [0, 0.05) is 13.0 Å². The van der Waals surface area contributed by atoms with Crippen LogP contribution in [0.15, 0.2) is 39.6 Å². The monoisotopic (exact) mass is 235 g/mol. The van der Waals surface area contributed by atoms with Crippen molar-refractivity contribution >= 4 is 5.97 Å². The van der Waals surface area contributed by atoms with Crippen LogP contribution in [-0.4, -0.2) is 17.6 Å². The molecule has 5 heteroatoms. The molecule has 2 aromatic rings. The highest BCUT2D eigenvalue weighted by atomic mass is 16.4. The van der Waals surface area contributed by atoms with Crippen LogP contribution in [0.25, 0.3) is 0 Å². The highest BCUT2D eigenvalue weighted by molar-refractivity contribution is 5.88. The first-order valence-corrected chi connectivity index (χ1v) is 5.30. The summed E-state index contributed by atoms with van der Waals surface area (Å²) in [5.41, 5.74) is 0.204. The molecule has 0 aliphatic carbocycles. The summed E-state index contributed by atoms with van der Waals surface area (Å²) >= 11 is 0. The molecular formula is C12H13NO4. The SMILES string of the molecule is O=C(O)c1ccoc1CNCCc1ccco1. The Hall–Kier alpha value is -2.01. The topological polar surface area (TPSA) is 75.6 Å². The highest BCUT2D eigenvalue weighted by Crippen LogP contribution is 2.10. The van der Waals surface area contributed by atoms with Gasteiger partial charge in [-0.2, -0.15) is 0 Å². The lowest BCUT2D eigenvalue weighted by molar-refractivity contribution is 0.0694. The van der Waals surface area contributed by atoms with E-state index in [1.165, 1.54) is 12.3 Å². The van der Waals surface area contributed by atoms with Crippen LogP contribution in [0.2, 0.25) is 0 Å². The number of hydrogen-bond acceptors (Lipinski definition) is 4. The van der Waals surface area contributed by atoms with Gasteiger partial charge in [-0.3, -0.25) is 0 Å². The highest BCUT2D eigenvalue weighted by Gasteiger charge is 2.12. The van der Waals surface area contributed by atoms with E-state index in [-0.39, 0.29) is 5.56 Å². The number of hydrogen-bond donors (Lipinski definition) is 2. The number of carbonyl (C=O) groups is 1. The van der Waals surface area contributed by atoms with E-state index in [0.717, 1.165) is 12.2 Å². The normalized spacial score (nSPS) is 10.6. The summed E-state index contributed by atoms with van der Waals surface area (Å²) < 4.78 is 10.3. The molecule has 0 saturated heterocycles. The molecule has 0 amide bonds. The number of carboxylic acid groups (broad SMARTS) is 1. The molecule has 0 radical (unpaired) electrons. The first-order valence-electron chi connectivity index (χ1n) is 5.30. The Labute approximate surface area is 98.0 Å². The molecule has 0 unspecified atom stereocenters. The van der Waals surface area contributed by atoms with Crippen molar-refractivity contribution in [2.45, 2.75) is 13.0 Å². The summed E-state index contributed by atoms with van der Waals surface area (Å²) in [4.78, 5) is 10.8.